The molecule has 0 atom stereocenters. The first-order valence-electron chi connectivity index (χ1n) is 37.1. The fourth-order valence-corrected chi connectivity index (χ4v) is 16.0. The van der Waals surface area contributed by atoms with Gasteiger partial charge in [0.25, 0.3) is 0 Å². The molecule has 4 nitrogen and oxygen atoms in total. The molecule has 0 radical (unpaired) electrons. The van der Waals surface area contributed by atoms with Gasteiger partial charge in [0.05, 0.1) is 22.4 Å². The first-order chi connectivity index (χ1) is 49.7. The Morgan fingerprint density at radius 3 is 1.35 bits per heavy atom. The van der Waals surface area contributed by atoms with Gasteiger partial charge in [-0.25, -0.2) is 9.97 Å². The third-order valence-electron chi connectivity index (χ3n) is 22.7. The van der Waals surface area contributed by atoms with Crippen molar-refractivity contribution in [2.24, 2.45) is 0 Å². The third-order valence-corrected chi connectivity index (χ3v) is 22.7. The van der Waals surface area contributed by atoms with Gasteiger partial charge in [-0.15, -0.1) is 35.4 Å². The van der Waals surface area contributed by atoms with Gasteiger partial charge in [-0.2, -0.15) is 0 Å². The SMILES string of the molecule is Cc1cccc(C)c1-n1c(-c2ccc3c(n2)-c2c(O)cccc2C(C)(C)C3(C)C)nc2c(-c3[c-]c(-c4c(-c5ccccc5)cccc4-c4cc(C(C)C)cc(C(C)C)c4)ccc3)c(-c3c(-c4cc(-c5ccccc5)cc(C(C)(C)C)c4)cccc3-c3cc(-c4ccccc4)cc(C(C)(C)C)c3)ccc21.[Pt]. The Labute approximate surface area is 637 Å². The number of aromatic hydroxyl groups is 1. The Bertz CT molecular complexity index is 5490. The number of hydrogen-bond acceptors (Lipinski definition) is 3. The minimum atomic E-state index is -0.356. The van der Waals surface area contributed by atoms with Gasteiger partial charge in [0.1, 0.15) is 11.4 Å². The van der Waals surface area contributed by atoms with Crippen molar-refractivity contribution in [3.8, 4) is 134 Å². The average molecular weight is 1550 g/mol. The molecule has 0 saturated carbocycles. The number of aryl methyl sites for hydroxylation is 2. The molecule has 1 aliphatic carbocycles. The molecular formula is C100H94N3OPt-. The van der Waals surface area contributed by atoms with Crippen LogP contribution in [-0.2, 0) is 42.7 Å². The van der Waals surface area contributed by atoms with E-state index in [0.717, 1.165) is 145 Å². The zero-order valence-corrected chi connectivity index (χ0v) is 65.9. The number of phenolic OH excluding ortho intramolecular Hbond substituents is 1. The standard InChI is InChI=1S/C100H94N3O.Pt/c1-61(2)70-52-71(62(3)4)54-74(53-70)80-42-28-41-79(67-37-24-19-25-38-67)89(80)68-39-27-40-69(51-68)90-83(47-50-87-94(90)102-96(103(87)95-63(5)31-26-32-64(95)6)86-49-48-85-93(101-86)92-84(45-30-46-88(92)104)99(13,14)100(85,15)16)91-81(75-55-72(65-33-20-17-21-34-65)57-77(59-75)97(7,8)9)43-29-44-82(91)76-56-73(66-35-22-18-23-36-66)58-78(60-76)98(10,11)12;/h17-50,52-62,104H,1-16H3;/q-1;. The van der Waals surface area contributed by atoms with Gasteiger partial charge >= 0.3 is 0 Å². The largest absolute Gasteiger partial charge is 0.507 e. The Balaban J connectivity index is 0.00000928. The topological polar surface area (TPSA) is 50.9 Å². The van der Waals surface area contributed by atoms with E-state index in [4.69, 9.17) is 9.97 Å². The number of benzene rings is 12. The molecule has 1 N–H and O–H groups in total. The molecule has 0 aliphatic heterocycles. The maximum atomic E-state index is 12.1. The second kappa shape index (κ2) is 27.7. The number of pyridine rings is 1. The molecule has 0 unspecified atom stereocenters. The number of fused-ring (bicyclic) bond motifs is 4. The van der Waals surface area contributed by atoms with Gasteiger partial charge in [0.15, 0.2) is 5.82 Å². The van der Waals surface area contributed by atoms with Crippen LogP contribution in [-0.4, -0.2) is 19.6 Å². The van der Waals surface area contributed by atoms with Gasteiger partial charge in [0.2, 0.25) is 0 Å². The van der Waals surface area contributed by atoms with E-state index in [0.29, 0.717) is 23.4 Å². The van der Waals surface area contributed by atoms with Crippen molar-refractivity contribution >= 4 is 11.0 Å². The first-order valence-corrected chi connectivity index (χ1v) is 37.1. The monoisotopic (exact) mass is 1550 g/mol. The van der Waals surface area contributed by atoms with E-state index in [1.165, 1.54) is 27.8 Å². The van der Waals surface area contributed by atoms with Gasteiger partial charge < -0.3 is 5.11 Å². The number of hydrogen-bond donors (Lipinski definition) is 1. The summed E-state index contributed by atoms with van der Waals surface area (Å²) in [6.07, 6.45) is 0. The van der Waals surface area contributed by atoms with Crippen LogP contribution >= 0.6 is 0 Å². The van der Waals surface area contributed by atoms with Gasteiger partial charge in [0, 0.05) is 32.0 Å². The van der Waals surface area contributed by atoms with Crippen molar-refractivity contribution in [1.29, 1.82) is 0 Å². The minimum Gasteiger partial charge on any atom is -0.507 e. The van der Waals surface area contributed by atoms with Crippen molar-refractivity contribution in [2.45, 2.75) is 144 Å². The Hall–Kier alpha value is -10.3. The number of phenols is 1. The molecule has 5 heteroatoms. The average Bonchev–Trinajstić information content (AvgIpc) is 1.66. The van der Waals surface area contributed by atoms with Gasteiger partial charge in [-0.3, -0.25) is 4.57 Å². The predicted octanol–water partition coefficient (Wildman–Crippen LogP) is 27.3. The number of imidazole rings is 1. The Morgan fingerprint density at radius 1 is 0.381 bits per heavy atom. The molecule has 0 fully saturated rings. The van der Waals surface area contributed by atoms with E-state index in [1.807, 2.05) is 6.07 Å². The summed E-state index contributed by atoms with van der Waals surface area (Å²) < 4.78 is 2.37. The maximum Gasteiger partial charge on any atom is 0.163 e. The smallest absolute Gasteiger partial charge is 0.163 e. The van der Waals surface area contributed by atoms with Gasteiger partial charge in [-0.05, 0) is 200 Å². The van der Waals surface area contributed by atoms with Crippen LogP contribution in [0.2, 0.25) is 0 Å². The van der Waals surface area contributed by atoms with Crippen molar-refractivity contribution in [3.63, 3.8) is 0 Å². The molecule has 12 aromatic carbocycles. The summed E-state index contributed by atoms with van der Waals surface area (Å²) in [5.41, 5.74) is 33.1. The van der Waals surface area contributed by atoms with E-state index in [-0.39, 0.29) is 48.5 Å². The predicted molar refractivity (Wildman–Crippen MR) is 440 cm³/mol. The summed E-state index contributed by atoms with van der Waals surface area (Å²) >= 11 is 0. The van der Waals surface area contributed by atoms with Crippen molar-refractivity contribution in [2.75, 3.05) is 0 Å². The van der Waals surface area contributed by atoms with Crippen molar-refractivity contribution in [3.05, 3.63) is 311 Å². The third kappa shape index (κ3) is 13.0. The molecule has 2 heterocycles. The number of aromatic nitrogens is 3. The summed E-state index contributed by atoms with van der Waals surface area (Å²) in [6, 6.07) is 101. The summed E-state index contributed by atoms with van der Waals surface area (Å²) in [5.74, 6) is 1.56. The van der Waals surface area contributed by atoms with Crippen LogP contribution in [0.4, 0.5) is 0 Å². The molecule has 2 aromatic heterocycles. The first kappa shape index (κ1) is 71.7. The molecule has 105 heavy (non-hydrogen) atoms. The van der Waals surface area contributed by atoms with Crippen LogP contribution in [0.1, 0.15) is 153 Å². The Kier molecular flexibility index (Phi) is 18.9. The number of para-hydroxylation sites is 1. The van der Waals surface area contributed by atoms with Crippen LogP contribution < -0.4 is 0 Å². The number of nitrogens with zero attached hydrogens (tertiary/aromatic N) is 3. The molecule has 1 aliphatic rings. The van der Waals surface area contributed by atoms with E-state index in [2.05, 4.69) is 370 Å². The summed E-state index contributed by atoms with van der Waals surface area (Å²) in [6.45, 7) is 36.8. The fraction of sp³-hybridized carbons (Fsp3) is 0.220. The van der Waals surface area contributed by atoms with Crippen LogP contribution in [0.5, 0.6) is 5.75 Å². The zero-order valence-electron chi connectivity index (χ0n) is 63.6. The normalized spacial score (nSPS) is 13.2. The van der Waals surface area contributed by atoms with Crippen LogP contribution in [0.25, 0.3) is 140 Å². The molecule has 526 valence electrons. The van der Waals surface area contributed by atoms with Crippen LogP contribution in [0.15, 0.2) is 261 Å². The van der Waals surface area contributed by atoms with E-state index in [9.17, 15) is 5.11 Å². The summed E-state index contributed by atoms with van der Waals surface area (Å²) in [4.78, 5) is 12.0. The van der Waals surface area contributed by atoms with E-state index in [1.54, 1.807) is 6.07 Å². The molecule has 0 amide bonds. The van der Waals surface area contributed by atoms with Crippen molar-refractivity contribution in [1.82, 2.24) is 14.5 Å². The molecule has 0 spiro atoms. The van der Waals surface area contributed by atoms with Gasteiger partial charge in [-0.1, -0.05) is 315 Å². The molecule has 0 saturated heterocycles. The number of rotatable bonds is 13. The maximum absolute atomic E-state index is 12.1. The second-order valence-electron chi connectivity index (χ2n) is 32.7. The van der Waals surface area contributed by atoms with E-state index < -0.39 is 0 Å². The molecule has 15 rings (SSSR count). The molecule has 14 aromatic rings. The van der Waals surface area contributed by atoms with Crippen molar-refractivity contribution < 1.29 is 26.2 Å². The minimum absolute atomic E-state index is 0. The Morgan fingerprint density at radius 2 is 0.829 bits per heavy atom. The second-order valence-corrected chi connectivity index (χ2v) is 32.7. The fourth-order valence-electron chi connectivity index (χ4n) is 16.0. The van der Waals surface area contributed by atoms with Crippen LogP contribution in [0.3, 0.4) is 0 Å². The summed E-state index contributed by atoms with van der Waals surface area (Å²) in [5, 5.41) is 12.1. The zero-order chi connectivity index (χ0) is 72.9. The summed E-state index contributed by atoms with van der Waals surface area (Å²) in [7, 11) is 0. The van der Waals surface area contributed by atoms with E-state index >= 15 is 0 Å². The molecular weight excluding hydrogens is 1450 g/mol. The quantitative estimate of drug-likeness (QED) is 0.117. The molecule has 0 bridgehead atoms. The van der Waals surface area contributed by atoms with Crippen LogP contribution in [0, 0.1) is 19.9 Å².